The Bertz CT molecular complexity index is 1280. The van der Waals surface area contributed by atoms with E-state index in [1.54, 1.807) is 24.3 Å². The van der Waals surface area contributed by atoms with Gasteiger partial charge in [-0.15, -0.1) is 0 Å². The standard InChI is InChI=1S/C21H12F6N2O2S/c22-20(23,24)12-8-13(21(25,26)27)10-14(9-12)32-29-28-19(30)11-5-6-18-16(7-11)15-3-1-2-4-17(15)31-18/h1-10,29H,(H,28,30). The lowest BCUT2D eigenvalue weighted by molar-refractivity contribution is -0.143. The normalized spacial score (nSPS) is 12.4. The topological polar surface area (TPSA) is 54.3 Å². The number of rotatable bonds is 4. The lowest BCUT2D eigenvalue weighted by Crippen LogP contribution is -2.32. The van der Waals surface area contributed by atoms with Crippen molar-refractivity contribution in [1.29, 1.82) is 0 Å². The average molecular weight is 470 g/mol. The van der Waals surface area contributed by atoms with Gasteiger partial charge >= 0.3 is 12.4 Å². The first-order valence-corrected chi connectivity index (χ1v) is 9.77. The van der Waals surface area contributed by atoms with Gasteiger partial charge in [0.05, 0.1) is 11.1 Å². The number of carbonyl (C=O) groups is 1. The molecule has 3 aromatic carbocycles. The maximum absolute atomic E-state index is 12.9. The summed E-state index contributed by atoms with van der Waals surface area (Å²) in [6.07, 6.45) is -9.91. The van der Waals surface area contributed by atoms with Crippen LogP contribution in [0.25, 0.3) is 21.9 Å². The third-order valence-corrected chi connectivity index (χ3v) is 5.21. The Morgan fingerprint density at radius 2 is 1.41 bits per heavy atom. The Kier molecular flexibility index (Phi) is 5.55. The molecule has 0 fully saturated rings. The number of hydrogen-bond donors (Lipinski definition) is 2. The third-order valence-electron chi connectivity index (χ3n) is 4.53. The third kappa shape index (κ3) is 4.53. The fourth-order valence-corrected chi connectivity index (χ4v) is 3.69. The lowest BCUT2D eigenvalue weighted by atomic mass is 10.1. The predicted octanol–water partition coefficient (Wildman–Crippen LogP) is 6.57. The highest BCUT2D eigenvalue weighted by molar-refractivity contribution is 7.97. The Morgan fingerprint density at radius 1 is 0.781 bits per heavy atom. The van der Waals surface area contributed by atoms with E-state index in [9.17, 15) is 31.1 Å². The van der Waals surface area contributed by atoms with Crippen LogP contribution in [0.5, 0.6) is 0 Å². The molecule has 2 N–H and O–H groups in total. The summed E-state index contributed by atoms with van der Waals surface area (Å²) in [6, 6.07) is 13.0. The SMILES string of the molecule is O=C(NNSc1cc(C(F)(F)F)cc(C(F)(F)F)c1)c1ccc2oc3ccccc3c2c1. The molecule has 0 radical (unpaired) electrons. The van der Waals surface area contributed by atoms with Crippen molar-refractivity contribution in [1.82, 2.24) is 10.3 Å². The van der Waals surface area contributed by atoms with E-state index in [2.05, 4.69) is 10.3 Å². The van der Waals surface area contributed by atoms with Gasteiger partial charge in [-0.05, 0) is 54.4 Å². The quantitative estimate of drug-likeness (QED) is 0.201. The molecule has 0 aliphatic carbocycles. The number of benzene rings is 3. The van der Waals surface area contributed by atoms with E-state index < -0.39 is 29.4 Å². The van der Waals surface area contributed by atoms with Crippen LogP contribution < -0.4 is 10.3 Å². The Balaban J connectivity index is 1.51. The van der Waals surface area contributed by atoms with Crippen molar-refractivity contribution in [3.8, 4) is 0 Å². The molecule has 0 atom stereocenters. The molecule has 166 valence electrons. The first-order chi connectivity index (χ1) is 15.0. The number of para-hydroxylation sites is 1. The van der Waals surface area contributed by atoms with Crippen LogP contribution in [0.1, 0.15) is 21.5 Å². The Morgan fingerprint density at radius 3 is 2.06 bits per heavy atom. The highest BCUT2D eigenvalue weighted by Gasteiger charge is 2.37. The van der Waals surface area contributed by atoms with Gasteiger partial charge in [0.15, 0.2) is 0 Å². The van der Waals surface area contributed by atoms with Crippen molar-refractivity contribution in [3.63, 3.8) is 0 Å². The van der Waals surface area contributed by atoms with Gasteiger partial charge in [-0.25, -0.2) is 0 Å². The molecular weight excluding hydrogens is 458 g/mol. The van der Waals surface area contributed by atoms with Crippen LogP contribution in [0.4, 0.5) is 26.3 Å². The molecule has 0 aliphatic rings. The fourth-order valence-electron chi connectivity index (χ4n) is 3.06. The number of nitrogens with one attached hydrogen (secondary N) is 2. The molecule has 0 saturated carbocycles. The van der Waals surface area contributed by atoms with Crippen LogP contribution in [0.2, 0.25) is 0 Å². The summed E-state index contributed by atoms with van der Waals surface area (Å²) >= 11 is 0.411. The van der Waals surface area contributed by atoms with Crippen molar-refractivity contribution in [2.24, 2.45) is 0 Å². The van der Waals surface area contributed by atoms with E-state index in [1.807, 2.05) is 12.1 Å². The summed E-state index contributed by atoms with van der Waals surface area (Å²) < 4.78 is 83.3. The summed E-state index contributed by atoms with van der Waals surface area (Å²) in [5.41, 5.74) is 0.782. The number of halogens is 6. The van der Waals surface area contributed by atoms with Gasteiger partial charge in [0.1, 0.15) is 11.2 Å². The van der Waals surface area contributed by atoms with Crippen LogP contribution in [0.15, 0.2) is 70.0 Å². The summed E-state index contributed by atoms with van der Waals surface area (Å²) in [4.78, 5) is 14.3. The number of alkyl halides is 6. The molecule has 4 rings (SSSR count). The number of hydrogen-bond acceptors (Lipinski definition) is 4. The zero-order valence-electron chi connectivity index (χ0n) is 15.8. The van der Waals surface area contributed by atoms with Gasteiger partial charge in [0.25, 0.3) is 5.91 Å². The Labute approximate surface area is 180 Å². The molecule has 0 spiro atoms. The minimum atomic E-state index is -4.96. The second-order valence-corrected chi connectivity index (χ2v) is 7.59. The molecule has 11 heteroatoms. The van der Waals surface area contributed by atoms with Gasteiger partial charge in [-0.3, -0.25) is 10.2 Å². The van der Waals surface area contributed by atoms with E-state index in [0.717, 1.165) is 5.39 Å². The van der Waals surface area contributed by atoms with Crippen molar-refractivity contribution < 1.29 is 35.6 Å². The Hall–Kier alpha value is -3.18. The first kappa shape index (κ1) is 22.0. The molecule has 0 unspecified atom stereocenters. The van der Waals surface area contributed by atoms with Crippen molar-refractivity contribution in [2.75, 3.05) is 0 Å². The maximum Gasteiger partial charge on any atom is 0.416 e. The van der Waals surface area contributed by atoms with Gasteiger partial charge in [-0.1, -0.05) is 18.2 Å². The van der Waals surface area contributed by atoms with E-state index in [-0.39, 0.29) is 16.5 Å². The molecule has 0 saturated heterocycles. The summed E-state index contributed by atoms with van der Waals surface area (Å²) in [6.45, 7) is 0. The molecule has 0 bridgehead atoms. The number of fused-ring (bicyclic) bond motifs is 3. The van der Waals surface area contributed by atoms with Crippen LogP contribution in [-0.2, 0) is 12.4 Å². The highest BCUT2D eigenvalue weighted by atomic mass is 32.2. The zero-order chi connectivity index (χ0) is 23.1. The smallest absolute Gasteiger partial charge is 0.416 e. The number of hydrazine groups is 1. The lowest BCUT2D eigenvalue weighted by Gasteiger charge is -2.14. The minimum Gasteiger partial charge on any atom is -0.456 e. The van der Waals surface area contributed by atoms with Gasteiger partial charge in [0.2, 0.25) is 0 Å². The second-order valence-electron chi connectivity index (χ2n) is 6.71. The van der Waals surface area contributed by atoms with E-state index in [1.165, 1.54) is 6.07 Å². The van der Waals surface area contributed by atoms with Crippen LogP contribution in [0, 0.1) is 0 Å². The molecular formula is C21H12F6N2O2S. The zero-order valence-corrected chi connectivity index (χ0v) is 16.6. The van der Waals surface area contributed by atoms with Crippen molar-refractivity contribution in [3.05, 3.63) is 77.4 Å². The monoisotopic (exact) mass is 470 g/mol. The molecule has 32 heavy (non-hydrogen) atoms. The summed E-state index contributed by atoms with van der Waals surface area (Å²) in [5, 5.41) is 1.48. The van der Waals surface area contributed by atoms with Crippen molar-refractivity contribution >= 4 is 39.8 Å². The van der Waals surface area contributed by atoms with Gasteiger partial charge < -0.3 is 4.42 Å². The van der Waals surface area contributed by atoms with Gasteiger partial charge in [-0.2, -0.15) is 31.2 Å². The largest absolute Gasteiger partial charge is 0.456 e. The van der Waals surface area contributed by atoms with Crippen LogP contribution in [-0.4, -0.2) is 5.91 Å². The molecule has 4 aromatic rings. The minimum absolute atomic E-state index is 0.0348. The van der Waals surface area contributed by atoms with E-state index in [0.29, 0.717) is 40.6 Å². The fraction of sp³-hybridized carbons (Fsp3) is 0.0952. The number of amides is 1. The first-order valence-electron chi connectivity index (χ1n) is 8.95. The maximum atomic E-state index is 12.9. The van der Waals surface area contributed by atoms with Gasteiger partial charge in [0, 0.05) is 21.2 Å². The predicted molar refractivity (Wildman–Crippen MR) is 107 cm³/mol. The number of carbonyl (C=O) groups excluding carboxylic acids is 1. The van der Waals surface area contributed by atoms with Crippen molar-refractivity contribution in [2.45, 2.75) is 17.2 Å². The highest BCUT2D eigenvalue weighted by Crippen LogP contribution is 2.38. The van der Waals surface area contributed by atoms with E-state index in [4.69, 9.17) is 4.42 Å². The number of furan rings is 1. The van der Waals surface area contributed by atoms with Crippen LogP contribution >= 0.6 is 11.9 Å². The second kappa shape index (κ2) is 8.06. The molecule has 1 amide bonds. The summed E-state index contributed by atoms with van der Waals surface area (Å²) in [7, 11) is 0. The van der Waals surface area contributed by atoms with Crippen LogP contribution in [0.3, 0.4) is 0 Å². The summed E-state index contributed by atoms with van der Waals surface area (Å²) in [5.74, 6) is -0.632. The average Bonchev–Trinajstić information content (AvgIpc) is 3.10. The molecule has 0 aliphatic heterocycles. The molecule has 1 aromatic heterocycles. The van der Waals surface area contributed by atoms with E-state index >= 15 is 0 Å². The molecule has 1 heterocycles. The molecule has 4 nitrogen and oxygen atoms in total.